The number of nitroso groups, excluding NO2 is 2. The van der Waals surface area contributed by atoms with Crippen LogP contribution in [0.2, 0.25) is 0 Å². The Morgan fingerprint density at radius 3 is 2.50 bits per heavy atom. The summed E-state index contributed by atoms with van der Waals surface area (Å²) in [5.41, 5.74) is 1.17. The molecule has 0 saturated carbocycles. The van der Waals surface area contributed by atoms with Crippen LogP contribution in [0.3, 0.4) is 0 Å². The van der Waals surface area contributed by atoms with E-state index in [1.54, 1.807) is 6.07 Å². The van der Waals surface area contributed by atoms with Gasteiger partial charge in [-0.05, 0) is 41.4 Å². The summed E-state index contributed by atoms with van der Waals surface area (Å²) < 4.78 is 0. The lowest BCUT2D eigenvalue weighted by atomic mass is 10.1. The third-order valence-electron chi connectivity index (χ3n) is 1.54. The normalized spacial score (nSPS) is 9.42. The topological polar surface area (TPSA) is 58.9 Å². The quantitative estimate of drug-likeness (QED) is 0.643. The van der Waals surface area contributed by atoms with Crippen molar-refractivity contribution in [3.8, 4) is 0 Å². The molecule has 0 unspecified atom stereocenters. The summed E-state index contributed by atoms with van der Waals surface area (Å²) in [6, 6.07) is 4.50. The summed E-state index contributed by atoms with van der Waals surface area (Å²) in [5, 5.41) is 5.45. The fourth-order valence-corrected chi connectivity index (χ4v) is 0.905. The lowest BCUT2D eigenvalue weighted by Crippen LogP contribution is -1.79. The highest BCUT2D eigenvalue weighted by molar-refractivity contribution is 5.55. The Hall–Kier alpha value is -1.58. The molecule has 61 valence electrons. The molecule has 0 saturated heterocycles. The van der Waals surface area contributed by atoms with Gasteiger partial charge in [-0.2, -0.15) is 0 Å². The SMILES string of the molecule is [CH2]Cc1ccc(N=O)cc1N=O. The van der Waals surface area contributed by atoms with Crippen LogP contribution in [0, 0.1) is 16.7 Å². The van der Waals surface area contributed by atoms with Crippen molar-refractivity contribution >= 4 is 11.4 Å². The van der Waals surface area contributed by atoms with E-state index in [1.807, 2.05) is 0 Å². The monoisotopic (exact) mass is 163 g/mol. The minimum atomic E-state index is 0.210. The zero-order valence-electron chi connectivity index (χ0n) is 6.36. The van der Waals surface area contributed by atoms with Gasteiger partial charge in [0.15, 0.2) is 0 Å². The van der Waals surface area contributed by atoms with Gasteiger partial charge in [-0.25, -0.2) is 0 Å². The lowest BCUT2D eigenvalue weighted by molar-refractivity contribution is 1.24. The zero-order chi connectivity index (χ0) is 8.97. The standard InChI is InChI=1S/C8H7N2O2/c1-2-6-3-4-7(9-11)5-8(6)10-12/h3-5H,1-2H2. The molecular formula is C8H7N2O2. The van der Waals surface area contributed by atoms with E-state index in [0.29, 0.717) is 6.42 Å². The van der Waals surface area contributed by atoms with Crippen LogP contribution in [0.15, 0.2) is 28.6 Å². The second-order valence-electron chi connectivity index (χ2n) is 2.25. The lowest BCUT2D eigenvalue weighted by Gasteiger charge is -1.98. The van der Waals surface area contributed by atoms with E-state index < -0.39 is 0 Å². The first-order chi connectivity index (χ1) is 5.81. The van der Waals surface area contributed by atoms with Crippen LogP contribution in [0.1, 0.15) is 5.56 Å². The van der Waals surface area contributed by atoms with Crippen LogP contribution in [-0.2, 0) is 6.42 Å². The first-order valence-corrected chi connectivity index (χ1v) is 3.40. The minimum absolute atomic E-state index is 0.210. The second-order valence-corrected chi connectivity index (χ2v) is 2.25. The first-order valence-electron chi connectivity index (χ1n) is 3.40. The van der Waals surface area contributed by atoms with Crippen LogP contribution in [0.4, 0.5) is 11.4 Å². The van der Waals surface area contributed by atoms with Crippen molar-refractivity contribution in [2.24, 2.45) is 10.4 Å². The van der Waals surface area contributed by atoms with Crippen LogP contribution in [-0.4, -0.2) is 0 Å². The number of rotatable bonds is 3. The van der Waals surface area contributed by atoms with Crippen molar-refractivity contribution in [3.05, 3.63) is 40.5 Å². The molecule has 0 aromatic heterocycles. The van der Waals surface area contributed by atoms with E-state index in [1.165, 1.54) is 12.1 Å². The molecule has 0 atom stereocenters. The highest BCUT2D eigenvalue weighted by Crippen LogP contribution is 2.25. The Bertz CT molecular complexity index is 310. The van der Waals surface area contributed by atoms with Crippen LogP contribution in [0.5, 0.6) is 0 Å². The Morgan fingerprint density at radius 2 is 2.00 bits per heavy atom. The summed E-state index contributed by atoms with van der Waals surface area (Å²) in [7, 11) is 0. The number of hydrogen-bond donors (Lipinski definition) is 0. The van der Waals surface area contributed by atoms with Gasteiger partial charge < -0.3 is 0 Å². The van der Waals surface area contributed by atoms with E-state index in [9.17, 15) is 9.81 Å². The van der Waals surface area contributed by atoms with Crippen molar-refractivity contribution in [2.75, 3.05) is 0 Å². The van der Waals surface area contributed by atoms with Crippen molar-refractivity contribution in [3.63, 3.8) is 0 Å². The summed E-state index contributed by atoms with van der Waals surface area (Å²) in [6.45, 7) is 3.61. The summed E-state index contributed by atoms with van der Waals surface area (Å²) in [5.74, 6) is 0. The van der Waals surface area contributed by atoms with Crippen molar-refractivity contribution in [2.45, 2.75) is 6.42 Å². The Morgan fingerprint density at radius 1 is 1.25 bits per heavy atom. The smallest absolute Gasteiger partial charge is 0.113 e. The molecule has 1 radical (unpaired) electrons. The predicted molar refractivity (Wildman–Crippen MR) is 46.4 cm³/mol. The minimum Gasteiger partial charge on any atom is -0.145 e. The molecule has 0 aliphatic heterocycles. The molecule has 0 fully saturated rings. The molecule has 0 amide bonds. The van der Waals surface area contributed by atoms with Gasteiger partial charge in [0, 0.05) is 0 Å². The predicted octanol–water partition coefficient (Wildman–Crippen LogP) is 2.86. The average Bonchev–Trinajstić information content (AvgIpc) is 2.16. The van der Waals surface area contributed by atoms with Gasteiger partial charge >= 0.3 is 0 Å². The first kappa shape index (κ1) is 8.52. The molecule has 0 aliphatic rings. The molecule has 0 spiro atoms. The number of nitrogens with zero attached hydrogens (tertiary/aromatic N) is 2. The van der Waals surface area contributed by atoms with Crippen LogP contribution in [0.25, 0.3) is 0 Å². The zero-order valence-corrected chi connectivity index (χ0v) is 6.36. The molecule has 1 aromatic carbocycles. The van der Waals surface area contributed by atoms with Gasteiger partial charge in [-0.15, -0.1) is 9.81 Å². The maximum Gasteiger partial charge on any atom is 0.113 e. The maximum absolute atomic E-state index is 10.2. The second kappa shape index (κ2) is 3.71. The van der Waals surface area contributed by atoms with Crippen molar-refractivity contribution in [1.29, 1.82) is 0 Å². The van der Waals surface area contributed by atoms with Gasteiger partial charge in [0.05, 0.1) is 0 Å². The molecule has 1 aromatic rings. The van der Waals surface area contributed by atoms with Gasteiger partial charge in [-0.1, -0.05) is 6.07 Å². The molecule has 0 N–H and O–H groups in total. The molecule has 4 nitrogen and oxygen atoms in total. The molecule has 0 heterocycles. The molecule has 1 rings (SSSR count). The molecular weight excluding hydrogens is 156 g/mol. The van der Waals surface area contributed by atoms with Gasteiger partial charge in [0.1, 0.15) is 11.4 Å². The summed E-state index contributed by atoms with van der Waals surface area (Å²) in [6.07, 6.45) is 0.472. The van der Waals surface area contributed by atoms with Crippen molar-refractivity contribution < 1.29 is 0 Å². The third-order valence-corrected chi connectivity index (χ3v) is 1.54. The molecule has 4 heteroatoms. The van der Waals surface area contributed by atoms with Crippen molar-refractivity contribution in [1.82, 2.24) is 0 Å². The van der Waals surface area contributed by atoms with E-state index in [0.717, 1.165) is 5.56 Å². The third kappa shape index (κ3) is 1.53. The summed E-state index contributed by atoms with van der Waals surface area (Å²) >= 11 is 0. The average molecular weight is 163 g/mol. The van der Waals surface area contributed by atoms with Gasteiger partial charge in [0.25, 0.3) is 0 Å². The van der Waals surface area contributed by atoms with Crippen LogP contribution >= 0.6 is 0 Å². The Balaban J connectivity index is 3.18. The Labute approximate surface area is 69.6 Å². The summed E-state index contributed by atoms with van der Waals surface area (Å²) in [4.78, 5) is 20.3. The highest BCUT2D eigenvalue weighted by Gasteiger charge is 2.02. The fourth-order valence-electron chi connectivity index (χ4n) is 0.905. The number of benzene rings is 1. The van der Waals surface area contributed by atoms with E-state index in [-0.39, 0.29) is 11.4 Å². The highest BCUT2D eigenvalue weighted by atomic mass is 16.3. The largest absolute Gasteiger partial charge is 0.145 e. The van der Waals surface area contributed by atoms with E-state index >= 15 is 0 Å². The molecule has 12 heavy (non-hydrogen) atoms. The number of hydrogen-bond acceptors (Lipinski definition) is 4. The van der Waals surface area contributed by atoms with Crippen LogP contribution < -0.4 is 0 Å². The maximum atomic E-state index is 10.2. The van der Waals surface area contributed by atoms with E-state index in [4.69, 9.17) is 0 Å². The van der Waals surface area contributed by atoms with E-state index in [2.05, 4.69) is 17.3 Å². The Kier molecular flexibility index (Phi) is 2.63. The van der Waals surface area contributed by atoms with Gasteiger partial charge in [0.2, 0.25) is 0 Å². The van der Waals surface area contributed by atoms with Gasteiger partial charge in [-0.3, -0.25) is 0 Å². The molecule has 0 aliphatic carbocycles. The fraction of sp³-hybridized carbons (Fsp3) is 0.125. The molecule has 0 bridgehead atoms.